The first-order valence-electron chi connectivity index (χ1n) is 3.24. The predicted molar refractivity (Wildman–Crippen MR) is 40.5 cm³/mol. The molecule has 0 aliphatic carbocycles. The van der Waals surface area contributed by atoms with Crippen molar-refractivity contribution < 1.29 is 29.9 Å². The Morgan fingerprint density at radius 2 is 1.83 bits per heavy atom. The number of carbonyl (C=O) groups is 2. The monoisotopic (exact) mass is 155 g/mol. The van der Waals surface area contributed by atoms with Crippen LogP contribution in [0.25, 0.3) is 0 Å². The maximum Gasteiger partial charge on any atom is 1.00 e. The number of amides is 1. The molecular formula is C8H6LiNO2. The summed E-state index contributed by atoms with van der Waals surface area (Å²) in [6.45, 7) is 0. The molecule has 0 atom stereocenters. The van der Waals surface area contributed by atoms with Crippen LogP contribution in [-0.4, -0.2) is 11.7 Å². The molecule has 4 heteroatoms. The van der Waals surface area contributed by atoms with Crippen LogP contribution in [0, 0.1) is 0 Å². The third-order valence-electron chi connectivity index (χ3n) is 1.63. The fourth-order valence-electron chi connectivity index (χ4n) is 1.09. The Balaban J connectivity index is 0.000000720. The molecule has 1 aromatic carbocycles. The van der Waals surface area contributed by atoms with E-state index in [1.165, 1.54) is 0 Å². The molecule has 56 valence electrons. The van der Waals surface area contributed by atoms with Crippen LogP contribution in [0.5, 0.6) is 0 Å². The van der Waals surface area contributed by atoms with Crippen molar-refractivity contribution in [1.29, 1.82) is 0 Å². The van der Waals surface area contributed by atoms with Crippen LogP contribution in [0.15, 0.2) is 24.3 Å². The summed E-state index contributed by atoms with van der Waals surface area (Å²) in [7, 11) is 0. The number of ketones is 1. The van der Waals surface area contributed by atoms with Gasteiger partial charge in [0, 0.05) is 0 Å². The number of Topliss-reactive ketones (excluding diaryl/α,β-unsaturated/α-hetero) is 1. The molecule has 0 fully saturated rings. The average molecular weight is 155 g/mol. The van der Waals surface area contributed by atoms with Crippen molar-refractivity contribution >= 4 is 17.4 Å². The molecule has 0 unspecified atom stereocenters. The van der Waals surface area contributed by atoms with Gasteiger partial charge in [-0.15, -0.1) is 0 Å². The topological polar surface area (TPSA) is 46.2 Å². The van der Waals surface area contributed by atoms with E-state index in [2.05, 4.69) is 5.32 Å². The quantitative estimate of drug-likeness (QED) is 0.346. The predicted octanol–water partition coefficient (Wildman–Crippen LogP) is -2.06. The standard InChI is InChI=1S/C8H5NO2.Li.H/c10-7-5-3-1-2-4-6(5)9-8(7)11;;/h1-4H,(H,9,10,11);;/q;+1;-1. The molecule has 3 nitrogen and oxygen atoms in total. The van der Waals surface area contributed by atoms with Crippen molar-refractivity contribution in [3.8, 4) is 0 Å². The van der Waals surface area contributed by atoms with Crippen LogP contribution in [0.1, 0.15) is 11.8 Å². The Labute approximate surface area is 82.8 Å². The number of para-hydroxylation sites is 1. The van der Waals surface area contributed by atoms with Gasteiger partial charge in [-0.1, -0.05) is 12.1 Å². The summed E-state index contributed by atoms with van der Waals surface area (Å²) in [4.78, 5) is 21.8. The van der Waals surface area contributed by atoms with Gasteiger partial charge in [0.05, 0.1) is 11.3 Å². The molecule has 2 rings (SSSR count). The first-order valence-corrected chi connectivity index (χ1v) is 3.24. The summed E-state index contributed by atoms with van der Waals surface area (Å²) in [5, 5.41) is 2.46. The summed E-state index contributed by atoms with van der Waals surface area (Å²) in [5.41, 5.74) is 1.08. The number of nitrogens with one attached hydrogen (secondary N) is 1. The molecule has 1 amide bonds. The van der Waals surface area contributed by atoms with Gasteiger partial charge in [-0.25, -0.2) is 0 Å². The first-order chi connectivity index (χ1) is 5.29. The summed E-state index contributed by atoms with van der Waals surface area (Å²) >= 11 is 0. The number of hydrogen-bond donors (Lipinski definition) is 1. The summed E-state index contributed by atoms with van der Waals surface area (Å²) in [5.74, 6) is -0.980. The Bertz CT molecular complexity index is 354. The van der Waals surface area contributed by atoms with Crippen molar-refractivity contribution in [2.24, 2.45) is 0 Å². The SMILES string of the molecule is O=C1Nc2ccccc2C1=O.[H-].[Li+]. The molecule has 1 aliphatic rings. The molecule has 0 bridgehead atoms. The number of carbonyl (C=O) groups excluding carboxylic acids is 2. The minimum atomic E-state index is -0.536. The normalized spacial score (nSPS) is 13.3. The second kappa shape index (κ2) is 3.14. The second-order valence-electron chi connectivity index (χ2n) is 2.33. The summed E-state index contributed by atoms with van der Waals surface area (Å²) in [6.07, 6.45) is 0. The Morgan fingerprint density at radius 3 is 2.50 bits per heavy atom. The Hall–Kier alpha value is -1.04. The largest absolute Gasteiger partial charge is 1.00 e. The number of benzene rings is 1. The van der Waals surface area contributed by atoms with Crippen LogP contribution < -0.4 is 24.2 Å². The van der Waals surface area contributed by atoms with E-state index in [-0.39, 0.29) is 20.3 Å². The zero-order chi connectivity index (χ0) is 7.84. The molecule has 0 saturated heterocycles. The van der Waals surface area contributed by atoms with Gasteiger partial charge in [-0.3, -0.25) is 9.59 Å². The maximum absolute atomic E-state index is 11.0. The Morgan fingerprint density at radius 1 is 1.17 bits per heavy atom. The smallest absolute Gasteiger partial charge is 1.00 e. The number of anilines is 1. The van der Waals surface area contributed by atoms with Gasteiger partial charge in [0.25, 0.3) is 11.7 Å². The van der Waals surface area contributed by atoms with Crippen molar-refractivity contribution in [2.75, 3.05) is 5.32 Å². The first kappa shape index (κ1) is 9.05. The fourth-order valence-corrected chi connectivity index (χ4v) is 1.09. The molecular weight excluding hydrogens is 149 g/mol. The molecule has 0 spiro atoms. The van der Waals surface area contributed by atoms with Crippen LogP contribution in [0.3, 0.4) is 0 Å². The minimum Gasteiger partial charge on any atom is -1.00 e. The third kappa shape index (κ3) is 1.18. The van der Waals surface area contributed by atoms with E-state index in [1.54, 1.807) is 24.3 Å². The number of rotatable bonds is 0. The van der Waals surface area contributed by atoms with E-state index in [9.17, 15) is 9.59 Å². The molecule has 12 heavy (non-hydrogen) atoms. The van der Waals surface area contributed by atoms with E-state index in [4.69, 9.17) is 0 Å². The van der Waals surface area contributed by atoms with Gasteiger partial charge < -0.3 is 6.74 Å². The van der Waals surface area contributed by atoms with E-state index in [1.807, 2.05) is 0 Å². The molecule has 0 radical (unpaired) electrons. The van der Waals surface area contributed by atoms with E-state index in [0.717, 1.165) is 0 Å². The van der Waals surface area contributed by atoms with E-state index >= 15 is 0 Å². The third-order valence-corrected chi connectivity index (χ3v) is 1.63. The molecule has 0 aromatic heterocycles. The maximum atomic E-state index is 11.0. The number of fused-ring (bicyclic) bond motifs is 1. The van der Waals surface area contributed by atoms with Gasteiger partial charge in [-0.05, 0) is 12.1 Å². The average Bonchev–Trinajstić information content (AvgIpc) is 2.30. The van der Waals surface area contributed by atoms with Gasteiger partial charge in [0.15, 0.2) is 0 Å². The van der Waals surface area contributed by atoms with Gasteiger partial charge in [0.2, 0.25) is 0 Å². The fraction of sp³-hybridized carbons (Fsp3) is 0. The molecule has 1 aliphatic heterocycles. The van der Waals surface area contributed by atoms with Gasteiger partial charge in [-0.2, -0.15) is 0 Å². The summed E-state index contributed by atoms with van der Waals surface area (Å²) in [6, 6.07) is 6.85. The van der Waals surface area contributed by atoms with E-state index < -0.39 is 11.7 Å². The van der Waals surface area contributed by atoms with Crippen LogP contribution in [-0.2, 0) is 4.79 Å². The molecule has 1 N–H and O–H groups in total. The zero-order valence-electron chi connectivity index (χ0n) is 7.63. The summed E-state index contributed by atoms with van der Waals surface area (Å²) < 4.78 is 0. The zero-order valence-corrected chi connectivity index (χ0v) is 6.63. The van der Waals surface area contributed by atoms with Crippen molar-refractivity contribution in [3.05, 3.63) is 29.8 Å². The van der Waals surface area contributed by atoms with Gasteiger partial charge >= 0.3 is 18.9 Å². The molecule has 1 aromatic rings. The van der Waals surface area contributed by atoms with Crippen LogP contribution >= 0.6 is 0 Å². The Kier molecular flexibility index (Phi) is 2.37. The number of hydrogen-bond acceptors (Lipinski definition) is 2. The second-order valence-corrected chi connectivity index (χ2v) is 2.33. The van der Waals surface area contributed by atoms with Crippen molar-refractivity contribution in [2.45, 2.75) is 0 Å². The van der Waals surface area contributed by atoms with E-state index in [0.29, 0.717) is 11.3 Å². The minimum absolute atomic E-state index is 0. The van der Waals surface area contributed by atoms with Gasteiger partial charge in [0.1, 0.15) is 0 Å². The molecule has 0 saturated carbocycles. The van der Waals surface area contributed by atoms with Crippen LogP contribution in [0.4, 0.5) is 5.69 Å². The van der Waals surface area contributed by atoms with Crippen molar-refractivity contribution in [3.63, 3.8) is 0 Å². The van der Waals surface area contributed by atoms with Crippen LogP contribution in [0.2, 0.25) is 0 Å². The van der Waals surface area contributed by atoms with Crippen molar-refractivity contribution in [1.82, 2.24) is 0 Å². The molecule has 1 heterocycles.